The number of benzene rings is 3. The molecule has 3 aromatic carbocycles. The van der Waals surface area contributed by atoms with Crippen LogP contribution >= 0.6 is 0 Å². The van der Waals surface area contributed by atoms with Crippen LogP contribution in [0.2, 0.25) is 0 Å². The summed E-state index contributed by atoms with van der Waals surface area (Å²) in [5, 5.41) is 9.59. The number of sulfonamides is 1. The van der Waals surface area contributed by atoms with Gasteiger partial charge in [0.2, 0.25) is 10.0 Å². The molecule has 0 amide bonds. The van der Waals surface area contributed by atoms with E-state index in [-0.39, 0.29) is 30.7 Å². The van der Waals surface area contributed by atoms with Gasteiger partial charge in [0.15, 0.2) is 6.10 Å². The van der Waals surface area contributed by atoms with Crippen LogP contribution in [0.25, 0.3) is 0 Å². The number of carboxylic acid groups (broad SMARTS) is 1. The van der Waals surface area contributed by atoms with Gasteiger partial charge in [-0.2, -0.15) is 0 Å². The molecule has 3 aromatic rings. The number of nitrogens with zero attached hydrogens (tertiary/aromatic N) is 1. The molecule has 0 aromatic heterocycles. The second kappa shape index (κ2) is 19.0. The Labute approximate surface area is 288 Å². The number of ether oxygens (including phenoxy) is 2. The Morgan fingerprint density at radius 1 is 0.917 bits per heavy atom. The van der Waals surface area contributed by atoms with Crippen LogP contribution in [0.4, 0.5) is 0 Å². The Kier molecular flexibility index (Phi) is 15.4. The molecule has 5 rings (SSSR count). The first-order valence-corrected chi connectivity index (χ1v) is 19.0. The average molecular weight is 681 g/mol. The first-order chi connectivity index (χ1) is 22.9. The molecule has 1 saturated carbocycles. The number of rotatable bonds is 15. The first-order valence-electron chi connectivity index (χ1n) is 17.4. The summed E-state index contributed by atoms with van der Waals surface area (Å²) in [6.45, 7) is 16.5. The van der Waals surface area contributed by atoms with Crippen LogP contribution in [-0.4, -0.2) is 62.5 Å². The third-order valence-corrected chi connectivity index (χ3v) is 9.85. The highest BCUT2D eigenvalue weighted by Gasteiger charge is 2.44. The molecule has 8 nitrogen and oxygen atoms in total. The summed E-state index contributed by atoms with van der Waals surface area (Å²) < 4.78 is 37.3. The van der Waals surface area contributed by atoms with Gasteiger partial charge in [-0.1, -0.05) is 103 Å². The van der Waals surface area contributed by atoms with Crippen molar-refractivity contribution in [2.24, 2.45) is 11.8 Å². The number of carbonyl (C=O) groups is 1. The fourth-order valence-corrected chi connectivity index (χ4v) is 6.76. The zero-order valence-electron chi connectivity index (χ0n) is 29.7. The number of carboxylic acids is 1. The predicted molar refractivity (Wildman–Crippen MR) is 194 cm³/mol. The number of likely N-dealkylation sites (tertiary alicyclic amines) is 1. The Morgan fingerprint density at radius 2 is 1.52 bits per heavy atom. The van der Waals surface area contributed by atoms with Crippen molar-refractivity contribution in [2.75, 3.05) is 32.0 Å². The average Bonchev–Trinajstić information content (AvgIpc) is 3.68. The molecule has 1 aliphatic heterocycles. The molecule has 3 atom stereocenters. The van der Waals surface area contributed by atoms with E-state index >= 15 is 0 Å². The lowest BCUT2D eigenvalue weighted by atomic mass is 9.87. The molecule has 1 saturated heterocycles. The van der Waals surface area contributed by atoms with E-state index < -0.39 is 22.1 Å². The minimum absolute atomic E-state index is 0.00786. The van der Waals surface area contributed by atoms with Gasteiger partial charge in [0.1, 0.15) is 18.1 Å². The number of hydrogen-bond acceptors (Lipinski definition) is 6. The van der Waals surface area contributed by atoms with Gasteiger partial charge in [0.25, 0.3) is 0 Å². The van der Waals surface area contributed by atoms with Gasteiger partial charge in [0.05, 0.1) is 5.75 Å². The van der Waals surface area contributed by atoms with Gasteiger partial charge < -0.3 is 14.6 Å². The molecule has 9 heteroatoms. The summed E-state index contributed by atoms with van der Waals surface area (Å²) in [4.78, 5) is 14.3. The molecule has 2 aliphatic rings. The van der Waals surface area contributed by atoms with Gasteiger partial charge >= 0.3 is 5.97 Å². The van der Waals surface area contributed by atoms with Crippen LogP contribution in [0.3, 0.4) is 0 Å². The molecular weight excluding hydrogens is 625 g/mol. The number of aliphatic carboxylic acids is 1. The Balaban J connectivity index is 0.000000340. The van der Waals surface area contributed by atoms with Crippen molar-refractivity contribution in [1.29, 1.82) is 0 Å². The minimum atomic E-state index is -3.26. The smallest absolute Gasteiger partial charge is 0.345 e. The minimum Gasteiger partial charge on any atom is -0.492 e. The van der Waals surface area contributed by atoms with Gasteiger partial charge in [-0.25, -0.2) is 17.9 Å². The molecule has 2 fully saturated rings. The van der Waals surface area contributed by atoms with Gasteiger partial charge in [-0.3, -0.25) is 4.90 Å². The Bertz CT molecular complexity index is 1460. The molecule has 0 radical (unpaired) electrons. The Morgan fingerprint density at radius 3 is 2.08 bits per heavy atom. The van der Waals surface area contributed by atoms with E-state index in [1.54, 1.807) is 36.4 Å². The van der Waals surface area contributed by atoms with Gasteiger partial charge in [-0.15, -0.1) is 0 Å². The van der Waals surface area contributed by atoms with E-state index in [0.29, 0.717) is 17.9 Å². The summed E-state index contributed by atoms with van der Waals surface area (Å²) in [5.41, 5.74) is 3.41. The highest BCUT2D eigenvalue weighted by molar-refractivity contribution is 7.89. The van der Waals surface area contributed by atoms with Crippen molar-refractivity contribution >= 4 is 16.0 Å². The number of nitrogens with one attached hydrogen (secondary N) is 1. The van der Waals surface area contributed by atoms with Crippen molar-refractivity contribution in [3.05, 3.63) is 95.6 Å². The van der Waals surface area contributed by atoms with Crippen molar-refractivity contribution in [3.63, 3.8) is 0 Å². The van der Waals surface area contributed by atoms with Crippen LogP contribution in [0.1, 0.15) is 77.5 Å². The van der Waals surface area contributed by atoms with Gasteiger partial charge in [-0.05, 0) is 71.0 Å². The van der Waals surface area contributed by atoms with Crippen molar-refractivity contribution in [2.45, 2.75) is 85.3 Å². The second-order valence-electron chi connectivity index (χ2n) is 13.4. The summed E-state index contributed by atoms with van der Waals surface area (Å²) >= 11 is 0. The fraction of sp³-hybridized carbons (Fsp3) is 0.513. The lowest BCUT2D eigenvalue weighted by Gasteiger charge is -2.20. The van der Waals surface area contributed by atoms with E-state index in [1.807, 2.05) is 32.9 Å². The van der Waals surface area contributed by atoms with E-state index in [9.17, 15) is 18.3 Å². The standard InChI is InChI=1S/C25H35NO6S.C12H15N.C2H6/c1-5-6-17-33(29,30)26-15-16-31-21-11-7-19(8-12-21)18-23(24(27)28)32-22-13-9-20(10-14-22)25(2,3)4;1-2-4-10(5-3-1)7-13-8-11-6-12(11)9-13;1-2/h7-14,23,26H,5-6,15-18H2,1-4H3,(H,27,28);1-5,11-12H,6-9H2;1-2H3. The molecule has 264 valence electrons. The molecule has 1 heterocycles. The molecular formula is C39H56N2O6S. The van der Waals surface area contributed by atoms with Gasteiger partial charge in [0, 0.05) is 32.6 Å². The Hall–Kier alpha value is -3.40. The molecule has 1 aliphatic carbocycles. The lowest BCUT2D eigenvalue weighted by molar-refractivity contribution is -0.145. The summed E-state index contributed by atoms with van der Waals surface area (Å²) in [7, 11) is -3.26. The second-order valence-corrected chi connectivity index (χ2v) is 15.3. The maximum atomic E-state index is 11.8. The SMILES string of the molecule is CC.CCCCS(=O)(=O)NCCOc1ccc(CC(Oc2ccc(C(C)(C)C)cc2)C(=O)O)cc1.c1ccc(CN2CC3CC3C2)cc1. The number of unbranched alkanes of at least 4 members (excludes halogenated alkanes) is 1. The first kappa shape index (κ1) is 39.0. The highest BCUT2D eigenvalue weighted by Crippen LogP contribution is 2.45. The molecule has 0 bridgehead atoms. The zero-order chi connectivity index (χ0) is 35.2. The monoisotopic (exact) mass is 680 g/mol. The number of hydrogen-bond donors (Lipinski definition) is 2. The number of fused-ring (bicyclic) bond motifs is 1. The third-order valence-electron chi connectivity index (χ3n) is 8.38. The summed E-state index contributed by atoms with van der Waals surface area (Å²) in [6.07, 6.45) is 2.14. The summed E-state index contributed by atoms with van der Waals surface area (Å²) in [5.74, 6) is 2.29. The summed E-state index contributed by atoms with van der Waals surface area (Å²) in [6, 6.07) is 25.3. The van der Waals surface area contributed by atoms with Crippen LogP contribution in [0, 0.1) is 11.8 Å². The van der Waals surface area contributed by atoms with Crippen LogP contribution in [0.15, 0.2) is 78.9 Å². The largest absolute Gasteiger partial charge is 0.492 e. The maximum Gasteiger partial charge on any atom is 0.345 e. The topological polar surface area (TPSA) is 105 Å². The molecule has 0 spiro atoms. The van der Waals surface area contributed by atoms with Crippen LogP contribution < -0.4 is 14.2 Å². The maximum absolute atomic E-state index is 11.8. The quantitative estimate of drug-likeness (QED) is 0.162. The zero-order valence-corrected chi connectivity index (χ0v) is 30.5. The van der Waals surface area contributed by atoms with Crippen molar-refractivity contribution in [1.82, 2.24) is 9.62 Å². The fourth-order valence-electron chi connectivity index (χ4n) is 5.55. The predicted octanol–water partition coefficient (Wildman–Crippen LogP) is 7.32. The van der Waals surface area contributed by atoms with E-state index in [1.165, 1.54) is 25.1 Å². The molecule has 2 N–H and O–H groups in total. The molecule has 3 unspecified atom stereocenters. The molecule has 48 heavy (non-hydrogen) atoms. The third kappa shape index (κ3) is 13.6. The van der Waals surface area contributed by atoms with E-state index in [0.717, 1.165) is 35.9 Å². The van der Waals surface area contributed by atoms with Crippen LogP contribution in [-0.2, 0) is 33.2 Å². The number of piperidine rings is 1. The lowest BCUT2D eigenvalue weighted by Crippen LogP contribution is -2.30. The van der Waals surface area contributed by atoms with E-state index in [2.05, 4.69) is 60.7 Å². The highest BCUT2D eigenvalue weighted by atomic mass is 32.2. The van der Waals surface area contributed by atoms with E-state index in [4.69, 9.17) is 9.47 Å². The normalized spacial score (nSPS) is 17.5. The van der Waals surface area contributed by atoms with Crippen molar-refractivity contribution < 1.29 is 27.8 Å². The van der Waals surface area contributed by atoms with Crippen LogP contribution in [0.5, 0.6) is 11.5 Å². The van der Waals surface area contributed by atoms with Crippen molar-refractivity contribution in [3.8, 4) is 11.5 Å².